The molecule has 1 aromatic carbocycles. The van der Waals surface area contributed by atoms with Crippen LogP contribution in [0.3, 0.4) is 0 Å². The van der Waals surface area contributed by atoms with E-state index in [2.05, 4.69) is 4.72 Å². The van der Waals surface area contributed by atoms with Gasteiger partial charge in [-0.1, -0.05) is 6.07 Å². The predicted molar refractivity (Wildman–Crippen MR) is 81.2 cm³/mol. The quantitative estimate of drug-likeness (QED) is 0.789. The van der Waals surface area contributed by atoms with Gasteiger partial charge in [0, 0.05) is 31.2 Å². The monoisotopic (exact) mass is 311 g/mol. The van der Waals surface area contributed by atoms with Gasteiger partial charge in [-0.15, -0.1) is 0 Å². The summed E-state index contributed by atoms with van der Waals surface area (Å²) in [7, 11) is -3.63. The van der Waals surface area contributed by atoms with Crippen LogP contribution >= 0.6 is 0 Å². The van der Waals surface area contributed by atoms with Crippen molar-refractivity contribution in [2.45, 2.75) is 37.6 Å². The highest BCUT2D eigenvalue weighted by molar-refractivity contribution is 7.89. The number of aryl methyl sites for hydroxylation is 1. The first kappa shape index (κ1) is 15.8. The Kier molecular flexibility index (Phi) is 4.53. The van der Waals surface area contributed by atoms with Gasteiger partial charge in [-0.3, -0.25) is 4.79 Å². The number of benzene rings is 1. The summed E-state index contributed by atoms with van der Waals surface area (Å²) < 4.78 is 27.2. The molecule has 0 aliphatic carbocycles. The Morgan fingerprint density at radius 1 is 1.43 bits per heavy atom. The zero-order chi connectivity index (χ0) is 15.6. The Hall–Kier alpha value is -1.60. The van der Waals surface area contributed by atoms with E-state index in [1.165, 1.54) is 12.1 Å². The number of sulfonamides is 1. The fraction of sp³-hybridized carbons (Fsp3) is 0.500. The summed E-state index contributed by atoms with van der Waals surface area (Å²) in [5.41, 5.74) is 7.04. The molecule has 6 nitrogen and oxygen atoms in total. The molecule has 1 aromatic rings. The molecule has 0 radical (unpaired) electrons. The molecule has 0 bridgehead atoms. The molecule has 1 aliphatic heterocycles. The smallest absolute Gasteiger partial charge is 0.240 e. The second-order valence-electron chi connectivity index (χ2n) is 5.48. The number of nitrogen functional groups attached to an aromatic ring is 1. The Morgan fingerprint density at radius 2 is 2.14 bits per heavy atom. The Balaban J connectivity index is 2.06. The summed E-state index contributed by atoms with van der Waals surface area (Å²) in [5.74, 6) is 0.0839. The molecule has 1 aliphatic rings. The van der Waals surface area contributed by atoms with Crippen LogP contribution in [-0.2, 0) is 14.8 Å². The van der Waals surface area contributed by atoms with Crippen LogP contribution in [0.2, 0.25) is 0 Å². The van der Waals surface area contributed by atoms with E-state index in [1.54, 1.807) is 17.9 Å². The molecule has 7 heteroatoms. The van der Waals surface area contributed by atoms with Crippen LogP contribution in [0.25, 0.3) is 0 Å². The summed E-state index contributed by atoms with van der Waals surface area (Å²) in [6.07, 6.45) is 1.39. The van der Waals surface area contributed by atoms with E-state index in [4.69, 9.17) is 5.73 Å². The number of likely N-dealkylation sites (tertiary alicyclic amines) is 1. The van der Waals surface area contributed by atoms with Crippen LogP contribution in [-0.4, -0.2) is 38.4 Å². The predicted octanol–water partition coefficient (Wildman–Crippen LogP) is 0.866. The lowest BCUT2D eigenvalue weighted by atomic mass is 10.2. The fourth-order valence-electron chi connectivity index (χ4n) is 2.38. The van der Waals surface area contributed by atoms with Crippen LogP contribution in [0.1, 0.15) is 25.3 Å². The number of hydrogen-bond donors (Lipinski definition) is 2. The lowest BCUT2D eigenvalue weighted by molar-refractivity contribution is -0.127. The van der Waals surface area contributed by atoms with Crippen LogP contribution in [0.15, 0.2) is 23.1 Å². The first-order valence-corrected chi connectivity index (χ1v) is 8.44. The molecular formula is C14H21N3O3S. The lowest BCUT2D eigenvalue weighted by Gasteiger charge is -2.21. The molecule has 1 unspecified atom stereocenters. The standard InChI is InChI=1S/C14H21N3O3S/c1-10-5-6-12(8-13(10)15)21(19,20)16-11(2)9-17-7-3-4-14(17)18/h5-6,8,11,16H,3-4,7,9,15H2,1-2H3. The first-order valence-electron chi connectivity index (χ1n) is 6.96. The molecule has 1 saturated heterocycles. The van der Waals surface area contributed by atoms with Gasteiger partial charge in [-0.25, -0.2) is 13.1 Å². The number of carbonyl (C=O) groups is 1. The maximum absolute atomic E-state index is 12.3. The number of carbonyl (C=O) groups excluding carboxylic acids is 1. The lowest BCUT2D eigenvalue weighted by Crippen LogP contribution is -2.42. The number of nitrogens with one attached hydrogen (secondary N) is 1. The molecule has 116 valence electrons. The molecule has 0 spiro atoms. The summed E-state index contributed by atoms with van der Waals surface area (Å²) in [5, 5.41) is 0. The molecule has 1 fully saturated rings. The molecule has 0 saturated carbocycles. The number of nitrogens with two attached hydrogens (primary N) is 1. The molecule has 1 heterocycles. The number of nitrogens with zero attached hydrogens (tertiary/aromatic N) is 1. The van der Waals surface area contributed by atoms with Crippen molar-refractivity contribution in [1.29, 1.82) is 0 Å². The third-order valence-corrected chi connectivity index (χ3v) is 5.17. The molecule has 1 amide bonds. The highest BCUT2D eigenvalue weighted by atomic mass is 32.2. The molecule has 2 rings (SSSR count). The van der Waals surface area contributed by atoms with Crippen LogP contribution in [0, 0.1) is 6.92 Å². The highest BCUT2D eigenvalue weighted by Crippen LogP contribution is 2.17. The van der Waals surface area contributed by atoms with Gasteiger partial charge in [-0.2, -0.15) is 0 Å². The van der Waals surface area contributed by atoms with E-state index < -0.39 is 10.0 Å². The second kappa shape index (κ2) is 6.03. The van der Waals surface area contributed by atoms with Gasteiger partial charge in [0.1, 0.15) is 0 Å². The number of hydrogen-bond acceptors (Lipinski definition) is 4. The van der Waals surface area contributed by atoms with Crippen LogP contribution in [0.5, 0.6) is 0 Å². The average Bonchev–Trinajstić information content (AvgIpc) is 2.77. The van der Waals surface area contributed by atoms with Gasteiger partial charge in [-0.05, 0) is 38.0 Å². The van der Waals surface area contributed by atoms with Gasteiger partial charge in [0.15, 0.2) is 0 Å². The van der Waals surface area contributed by atoms with Crippen molar-refractivity contribution in [3.8, 4) is 0 Å². The van der Waals surface area contributed by atoms with E-state index >= 15 is 0 Å². The van der Waals surface area contributed by atoms with Crippen molar-refractivity contribution in [3.05, 3.63) is 23.8 Å². The van der Waals surface area contributed by atoms with Crippen molar-refractivity contribution < 1.29 is 13.2 Å². The van der Waals surface area contributed by atoms with Gasteiger partial charge in [0.2, 0.25) is 15.9 Å². The average molecular weight is 311 g/mol. The van der Waals surface area contributed by atoms with E-state index in [0.29, 0.717) is 25.2 Å². The van der Waals surface area contributed by atoms with E-state index in [0.717, 1.165) is 12.0 Å². The summed E-state index contributed by atoms with van der Waals surface area (Å²) in [6.45, 7) is 4.66. The van der Waals surface area contributed by atoms with Crippen molar-refractivity contribution in [2.75, 3.05) is 18.8 Å². The minimum Gasteiger partial charge on any atom is -0.398 e. The van der Waals surface area contributed by atoms with E-state index in [9.17, 15) is 13.2 Å². The summed E-state index contributed by atoms with van der Waals surface area (Å²) in [6, 6.07) is 4.31. The molecule has 3 N–H and O–H groups in total. The highest BCUT2D eigenvalue weighted by Gasteiger charge is 2.24. The SMILES string of the molecule is Cc1ccc(S(=O)(=O)NC(C)CN2CCCC2=O)cc1N. The Morgan fingerprint density at radius 3 is 2.71 bits per heavy atom. The van der Waals surface area contributed by atoms with Crippen molar-refractivity contribution in [1.82, 2.24) is 9.62 Å². The Bertz CT molecular complexity index is 643. The maximum atomic E-state index is 12.3. The zero-order valence-electron chi connectivity index (χ0n) is 12.3. The molecule has 0 aromatic heterocycles. The molecular weight excluding hydrogens is 290 g/mol. The molecule has 21 heavy (non-hydrogen) atoms. The maximum Gasteiger partial charge on any atom is 0.240 e. The third kappa shape index (κ3) is 3.74. The van der Waals surface area contributed by atoms with Crippen molar-refractivity contribution in [3.63, 3.8) is 0 Å². The van der Waals surface area contributed by atoms with Crippen LogP contribution in [0.4, 0.5) is 5.69 Å². The topological polar surface area (TPSA) is 92.5 Å². The van der Waals surface area contributed by atoms with Gasteiger partial charge >= 0.3 is 0 Å². The number of amides is 1. The van der Waals surface area contributed by atoms with E-state index in [1.807, 2.05) is 6.92 Å². The minimum atomic E-state index is -3.63. The Labute approximate surface area is 125 Å². The normalized spacial score (nSPS) is 17.2. The third-order valence-electron chi connectivity index (χ3n) is 3.58. The van der Waals surface area contributed by atoms with Gasteiger partial charge in [0.05, 0.1) is 4.90 Å². The summed E-state index contributed by atoms with van der Waals surface area (Å²) in [4.78, 5) is 13.4. The largest absolute Gasteiger partial charge is 0.398 e. The fourth-order valence-corrected chi connectivity index (χ4v) is 3.65. The number of rotatable bonds is 5. The van der Waals surface area contributed by atoms with Crippen molar-refractivity contribution in [2.24, 2.45) is 0 Å². The minimum absolute atomic E-state index is 0.0839. The van der Waals surface area contributed by atoms with Gasteiger partial charge in [0.25, 0.3) is 0 Å². The van der Waals surface area contributed by atoms with Crippen LogP contribution < -0.4 is 10.5 Å². The van der Waals surface area contributed by atoms with Gasteiger partial charge < -0.3 is 10.6 Å². The van der Waals surface area contributed by atoms with Crippen molar-refractivity contribution >= 4 is 21.6 Å². The number of anilines is 1. The summed E-state index contributed by atoms with van der Waals surface area (Å²) >= 11 is 0. The molecule has 1 atom stereocenters. The van der Waals surface area contributed by atoms with E-state index in [-0.39, 0.29) is 16.8 Å². The first-order chi connectivity index (χ1) is 9.79. The zero-order valence-corrected chi connectivity index (χ0v) is 13.1. The second-order valence-corrected chi connectivity index (χ2v) is 7.20.